The van der Waals surface area contributed by atoms with Gasteiger partial charge in [0, 0.05) is 43.4 Å². The highest BCUT2D eigenvalue weighted by molar-refractivity contribution is 6.30. The monoisotopic (exact) mass is 400 g/mol. The van der Waals surface area contributed by atoms with Crippen molar-refractivity contribution in [2.75, 3.05) is 39.8 Å². The Morgan fingerprint density at radius 1 is 1.18 bits per heavy atom. The van der Waals surface area contributed by atoms with Crippen LogP contribution in [0, 0.1) is 12.8 Å². The summed E-state index contributed by atoms with van der Waals surface area (Å²) in [4.78, 5) is 22.5. The molecule has 1 saturated heterocycles. The lowest BCUT2D eigenvalue weighted by atomic mass is 9.67. The molecule has 150 valence electrons. The minimum Gasteiger partial charge on any atom is -0.369 e. The quantitative estimate of drug-likeness (QED) is 0.809. The fourth-order valence-corrected chi connectivity index (χ4v) is 4.35. The SMILES string of the molecule is Cc1cccc(C(C(N)=O)(c2ccc(Cl)cc2)C(C)CN2CCN(C)CC2)n1. The smallest absolute Gasteiger partial charge is 0.234 e. The highest BCUT2D eigenvalue weighted by atomic mass is 35.5. The summed E-state index contributed by atoms with van der Waals surface area (Å²) in [6.45, 7) is 8.83. The molecule has 2 N–H and O–H groups in total. The Bertz CT molecular complexity index is 818. The number of carbonyl (C=O) groups excluding carboxylic acids is 1. The molecule has 1 aromatic heterocycles. The minimum atomic E-state index is -1.01. The summed E-state index contributed by atoms with van der Waals surface area (Å²) < 4.78 is 0. The second-order valence-corrected chi connectivity index (χ2v) is 8.28. The summed E-state index contributed by atoms with van der Waals surface area (Å²) in [6, 6.07) is 13.2. The molecule has 2 aromatic rings. The molecule has 1 aliphatic rings. The number of aromatic nitrogens is 1. The van der Waals surface area contributed by atoms with Gasteiger partial charge in [0.2, 0.25) is 5.91 Å². The molecule has 5 nitrogen and oxygen atoms in total. The fraction of sp³-hybridized carbons (Fsp3) is 0.455. The van der Waals surface area contributed by atoms with E-state index in [1.807, 2.05) is 49.4 Å². The van der Waals surface area contributed by atoms with Crippen LogP contribution in [0.4, 0.5) is 0 Å². The fourth-order valence-electron chi connectivity index (χ4n) is 4.23. The normalized spacial score (nSPS) is 19.1. The first-order chi connectivity index (χ1) is 13.3. The number of rotatable bonds is 6. The largest absolute Gasteiger partial charge is 0.369 e. The molecule has 0 aliphatic carbocycles. The maximum Gasteiger partial charge on any atom is 0.234 e. The zero-order valence-electron chi connectivity index (χ0n) is 16.9. The lowest BCUT2D eigenvalue weighted by molar-refractivity contribution is -0.124. The molecule has 0 radical (unpaired) electrons. The summed E-state index contributed by atoms with van der Waals surface area (Å²) >= 11 is 6.12. The zero-order valence-corrected chi connectivity index (χ0v) is 17.6. The van der Waals surface area contributed by atoms with Crippen LogP contribution in [0.5, 0.6) is 0 Å². The number of hydrogen-bond donors (Lipinski definition) is 1. The van der Waals surface area contributed by atoms with Gasteiger partial charge in [-0.05, 0) is 49.7 Å². The molecule has 0 saturated carbocycles. The molecule has 6 heteroatoms. The second-order valence-electron chi connectivity index (χ2n) is 7.85. The van der Waals surface area contributed by atoms with Crippen molar-refractivity contribution in [2.45, 2.75) is 19.3 Å². The van der Waals surface area contributed by atoms with Crippen molar-refractivity contribution in [1.29, 1.82) is 0 Å². The number of likely N-dealkylation sites (N-methyl/N-ethyl adjacent to an activating group) is 1. The third-order valence-corrected chi connectivity index (χ3v) is 6.10. The molecule has 3 rings (SSSR count). The molecule has 1 aromatic carbocycles. The maximum atomic E-state index is 13.1. The van der Waals surface area contributed by atoms with Crippen LogP contribution in [-0.4, -0.2) is 60.5 Å². The van der Waals surface area contributed by atoms with Crippen LogP contribution in [0.2, 0.25) is 5.02 Å². The van der Waals surface area contributed by atoms with Gasteiger partial charge in [0.15, 0.2) is 0 Å². The molecule has 1 amide bonds. The lowest BCUT2D eigenvalue weighted by Crippen LogP contribution is -2.53. The maximum absolute atomic E-state index is 13.1. The summed E-state index contributed by atoms with van der Waals surface area (Å²) in [7, 11) is 2.14. The predicted molar refractivity (Wildman–Crippen MR) is 114 cm³/mol. The van der Waals surface area contributed by atoms with Crippen LogP contribution in [0.3, 0.4) is 0 Å². The van der Waals surface area contributed by atoms with E-state index < -0.39 is 5.41 Å². The van der Waals surface area contributed by atoms with Crippen molar-refractivity contribution in [2.24, 2.45) is 11.7 Å². The molecule has 2 atom stereocenters. The third kappa shape index (κ3) is 4.07. The first kappa shape index (κ1) is 20.8. The standard InChI is InChI=1S/C22H29ClN4O/c1-16(15-27-13-11-26(3)12-14-27)22(21(24)28,18-7-9-19(23)10-8-18)20-6-4-5-17(2)25-20/h4-10,16H,11-15H2,1-3H3,(H2,24,28). The first-order valence-electron chi connectivity index (χ1n) is 9.75. The molecule has 1 aliphatic heterocycles. The Hall–Kier alpha value is -1.95. The number of aryl methyl sites for hydroxylation is 1. The van der Waals surface area contributed by atoms with E-state index in [2.05, 4.69) is 23.8 Å². The van der Waals surface area contributed by atoms with Crippen molar-refractivity contribution in [3.63, 3.8) is 0 Å². The van der Waals surface area contributed by atoms with Crippen molar-refractivity contribution in [3.8, 4) is 0 Å². The van der Waals surface area contributed by atoms with Crippen LogP contribution >= 0.6 is 11.6 Å². The van der Waals surface area contributed by atoms with E-state index in [1.54, 1.807) is 0 Å². The van der Waals surface area contributed by atoms with Gasteiger partial charge in [-0.1, -0.05) is 36.7 Å². The van der Waals surface area contributed by atoms with E-state index >= 15 is 0 Å². The molecule has 2 heterocycles. The van der Waals surface area contributed by atoms with Gasteiger partial charge in [-0.25, -0.2) is 0 Å². The number of pyridine rings is 1. The highest BCUT2D eigenvalue weighted by Gasteiger charge is 2.47. The Labute approximate surface area is 172 Å². The second kappa shape index (κ2) is 8.60. The zero-order chi connectivity index (χ0) is 20.3. The van der Waals surface area contributed by atoms with E-state index in [-0.39, 0.29) is 11.8 Å². The van der Waals surface area contributed by atoms with Crippen LogP contribution < -0.4 is 5.73 Å². The van der Waals surface area contributed by atoms with Gasteiger partial charge in [-0.15, -0.1) is 0 Å². The van der Waals surface area contributed by atoms with Crippen LogP contribution in [0.25, 0.3) is 0 Å². The number of primary amides is 1. The number of carbonyl (C=O) groups is 1. The van der Waals surface area contributed by atoms with E-state index in [4.69, 9.17) is 22.3 Å². The summed E-state index contributed by atoms with van der Waals surface area (Å²) in [5, 5.41) is 0.631. The van der Waals surface area contributed by atoms with Gasteiger partial charge in [-0.2, -0.15) is 0 Å². The van der Waals surface area contributed by atoms with E-state index in [0.717, 1.165) is 44.0 Å². The number of hydrogen-bond acceptors (Lipinski definition) is 4. The molecule has 0 bridgehead atoms. The summed E-state index contributed by atoms with van der Waals surface area (Å²) in [6.07, 6.45) is 0. The number of nitrogens with zero attached hydrogens (tertiary/aromatic N) is 3. The Morgan fingerprint density at radius 3 is 2.39 bits per heavy atom. The number of halogens is 1. The number of amides is 1. The number of nitrogens with two attached hydrogens (primary N) is 1. The molecule has 1 fully saturated rings. The molecular formula is C22H29ClN4O. The van der Waals surface area contributed by atoms with Crippen LogP contribution in [0.1, 0.15) is 23.9 Å². The third-order valence-electron chi connectivity index (χ3n) is 5.85. The van der Waals surface area contributed by atoms with Gasteiger partial charge in [0.25, 0.3) is 0 Å². The average molecular weight is 401 g/mol. The van der Waals surface area contributed by atoms with E-state index in [9.17, 15) is 4.79 Å². The van der Waals surface area contributed by atoms with Crippen molar-refractivity contribution in [1.82, 2.24) is 14.8 Å². The van der Waals surface area contributed by atoms with Crippen molar-refractivity contribution < 1.29 is 4.79 Å². The molecular weight excluding hydrogens is 372 g/mol. The van der Waals surface area contributed by atoms with Crippen molar-refractivity contribution in [3.05, 3.63) is 64.4 Å². The van der Waals surface area contributed by atoms with Gasteiger partial charge < -0.3 is 15.5 Å². The minimum absolute atomic E-state index is 0.0520. The Kier molecular flexibility index (Phi) is 6.38. The Morgan fingerprint density at radius 2 is 1.82 bits per heavy atom. The summed E-state index contributed by atoms with van der Waals surface area (Å²) in [5.41, 5.74) is 7.50. The van der Waals surface area contributed by atoms with Crippen LogP contribution in [-0.2, 0) is 10.2 Å². The number of benzene rings is 1. The first-order valence-corrected chi connectivity index (χ1v) is 10.1. The Balaban J connectivity index is 2.06. The average Bonchev–Trinajstić information content (AvgIpc) is 2.65. The van der Waals surface area contributed by atoms with Gasteiger partial charge in [0.05, 0.1) is 5.69 Å². The number of piperazine rings is 1. The van der Waals surface area contributed by atoms with Gasteiger partial charge >= 0.3 is 0 Å². The molecule has 28 heavy (non-hydrogen) atoms. The van der Waals surface area contributed by atoms with Gasteiger partial charge in [0.1, 0.15) is 5.41 Å². The van der Waals surface area contributed by atoms with Gasteiger partial charge in [-0.3, -0.25) is 9.78 Å². The topological polar surface area (TPSA) is 62.5 Å². The lowest BCUT2D eigenvalue weighted by Gasteiger charge is -2.41. The highest BCUT2D eigenvalue weighted by Crippen LogP contribution is 2.39. The predicted octanol–water partition coefficient (Wildman–Crippen LogP) is 2.70. The summed E-state index contributed by atoms with van der Waals surface area (Å²) in [5.74, 6) is -0.432. The van der Waals surface area contributed by atoms with Crippen molar-refractivity contribution >= 4 is 17.5 Å². The van der Waals surface area contributed by atoms with E-state index in [1.165, 1.54) is 0 Å². The van der Waals surface area contributed by atoms with Crippen LogP contribution in [0.15, 0.2) is 42.5 Å². The van der Waals surface area contributed by atoms with E-state index in [0.29, 0.717) is 10.7 Å². The molecule has 2 unspecified atom stereocenters. The molecule has 0 spiro atoms.